The van der Waals surface area contributed by atoms with E-state index in [0.717, 1.165) is 62.3 Å². The molecule has 1 aromatic carbocycles. The number of phenolic OH excluding ortho intramolecular Hbond substituents is 1. The first-order chi connectivity index (χ1) is 11.2. The maximum Gasteiger partial charge on any atom is 0.162 e. The summed E-state index contributed by atoms with van der Waals surface area (Å²) >= 11 is 3.56. The van der Waals surface area contributed by atoms with Gasteiger partial charge in [-0.15, -0.1) is 0 Å². The second-order valence-corrected chi connectivity index (χ2v) is 7.14. The SMILES string of the molecule is COc1cc(Br)cc([C@H](C2CCOCC2)N2CCNCC2)c1O. The predicted octanol–water partition coefficient (Wildman–Crippen LogP) is 2.54. The van der Waals surface area contributed by atoms with Gasteiger partial charge in [-0.25, -0.2) is 0 Å². The van der Waals surface area contributed by atoms with Crippen LogP contribution in [0.3, 0.4) is 0 Å². The van der Waals surface area contributed by atoms with Crippen molar-refractivity contribution in [2.24, 2.45) is 5.92 Å². The van der Waals surface area contributed by atoms with E-state index in [1.165, 1.54) is 0 Å². The number of phenols is 1. The first-order valence-electron chi connectivity index (χ1n) is 8.29. The molecule has 6 heteroatoms. The van der Waals surface area contributed by atoms with E-state index >= 15 is 0 Å². The van der Waals surface area contributed by atoms with Crippen molar-refractivity contribution < 1.29 is 14.6 Å². The average molecular weight is 385 g/mol. The summed E-state index contributed by atoms with van der Waals surface area (Å²) in [7, 11) is 1.60. The molecule has 5 nitrogen and oxygen atoms in total. The lowest BCUT2D eigenvalue weighted by Gasteiger charge is -2.41. The summed E-state index contributed by atoms with van der Waals surface area (Å²) in [5, 5.41) is 14.1. The van der Waals surface area contributed by atoms with E-state index in [1.54, 1.807) is 7.11 Å². The number of piperazine rings is 1. The van der Waals surface area contributed by atoms with E-state index in [1.807, 2.05) is 12.1 Å². The normalized spacial score (nSPS) is 22.0. The lowest BCUT2D eigenvalue weighted by atomic mass is 9.85. The van der Waals surface area contributed by atoms with E-state index < -0.39 is 0 Å². The Morgan fingerprint density at radius 3 is 2.65 bits per heavy atom. The molecule has 2 N–H and O–H groups in total. The van der Waals surface area contributed by atoms with Crippen LogP contribution >= 0.6 is 15.9 Å². The van der Waals surface area contributed by atoms with Gasteiger partial charge < -0.3 is 19.9 Å². The van der Waals surface area contributed by atoms with Gasteiger partial charge in [0.05, 0.1) is 7.11 Å². The number of ether oxygens (including phenoxy) is 2. The number of aromatic hydroxyl groups is 1. The molecule has 2 fully saturated rings. The van der Waals surface area contributed by atoms with Gasteiger partial charge in [0, 0.05) is 55.5 Å². The topological polar surface area (TPSA) is 54.0 Å². The van der Waals surface area contributed by atoms with Gasteiger partial charge in [-0.05, 0) is 30.9 Å². The molecule has 128 valence electrons. The fourth-order valence-corrected chi connectivity index (χ4v) is 4.17. The fourth-order valence-electron chi connectivity index (χ4n) is 3.72. The summed E-state index contributed by atoms with van der Waals surface area (Å²) in [5.41, 5.74) is 0.963. The maximum absolute atomic E-state index is 10.7. The lowest BCUT2D eigenvalue weighted by Crippen LogP contribution is -2.47. The van der Waals surface area contributed by atoms with Crippen LogP contribution in [0.4, 0.5) is 0 Å². The molecule has 0 spiro atoms. The van der Waals surface area contributed by atoms with E-state index in [4.69, 9.17) is 9.47 Å². The zero-order valence-corrected chi connectivity index (χ0v) is 15.1. The molecule has 2 saturated heterocycles. The van der Waals surface area contributed by atoms with Gasteiger partial charge in [0.2, 0.25) is 0 Å². The molecule has 1 atom stereocenters. The minimum atomic E-state index is 0.201. The summed E-state index contributed by atoms with van der Waals surface area (Å²) in [6.45, 7) is 5.59. The Kier molecular flexibility index (Phi) is 5.80. The molecule has 2 aliphatic rings. The van der Waals surface area contributed by atoms with Crippen molar-refractivity contribution in [2.75, 3.05) is 46.5 Å². The van der Waals surface area contributed by atoms with Gasteiger partial charge >= 0.3 is 0 Å². The highest BCUT2D eigenvalue weighted by Crippen LogP contribution is 2.44. The van der Waals surface area contributed by atoms with Gasteiger partial charge in [0.1, 0.15) is 0 Å². The Labute approximate surface area is 146 Å². The third-order valence-corrected chi connectivity index (χ3v) is 5.32. The quantitative estimate of drug-likeness (QED) is 0.835. The van der Waals surface area contributed by atoms with Crippen molar-refractivity contribution in [1.82, 2.24) is 10.2 Å². The first kappa shape index (κ1) is 17.0. The van der Waals surface area contributed by atoms with Crippen molar-refractivity contribution in [1.29, 1.82) is 0 Å². The number of benzene rings is 1. The minimum Gasteiger partial charge on any atom is -0.504 e. The van der Waals surface area contributed by atoms with Crippen molar-refractivity contribution in [3.05, 3.63) is 22.2 Å². The molecule has 0 bridgehead atoms. The molecule has 0 unspecified atom stereocenters. The highest BCUT2D eigenvalue weighted by atomic mass is 79.9. The largest absolute Gasteiger partial charge is 0.504 e. The molecule has 0 aromatic heterocycles. The monoisotopic (exact) mass is 384 g/mol. The third-order valence-electron chi connectivity index (χ3n) is 4.87. The van der Waals surface area contributed by atoms with Crippen LogP contribution in [-0.2, 0) is 4.74 Å². The second kappa shape index (κ2) is 7.83. The van der Waals surface area contributed by atoms with E-state index in [9.17, 15) is 5.11 Å². The number of methoxy groups -OCH3 is 1. The van der Waals surface area contributed by atoms with Gasteiger partial charge in [0.25, 0.3) is 0 Å². The number of hydrogen-bond acceptors (Lipinski definition) is 5. The molecule has 0 radical (unpaired) electrons. The summed E-state index contributed by atoms with van der Waals surface area (Å²) < 4.78 is 11.8. The summed E-state index contributed by atoms with van der Waals surface area (Å²) in [6, 6.07) is 4.06. The van der Waals surface area contributed by atoms with Crippen LogP contribution in [0.2, 0.25) is 0 Å². The van der Waals surface area contributed by atoms with Crippen LogP contribution < -0.4 is 10.1 Å². The minimum absolute atomic E-state index is 0.201. The second-order valence-electron chi connectivity index (χ2n) is 6.23. The van der Waals surface area contributed by atoms with Gasteiger partial charge in [-0.1, -0.05) is 15.9 Å². The number of nitrogens with one attached hydrogen (secondary N) is 1. The van der Waals surface area contributed by atoms with Crippen molar-refractivity contribution in [3.63, 3.8) is 0 Å². The molecular formula is C17H25BrN2O3. The number of rotatable bonds is 4. The number of halogens is 1. The third kappa shape index (κ3) is 3.82. The smallest absolute Gasteiger partial charge is 0.162 e. The summed E-state index contributed by atoms with van der Waals surface area (Å²) in [5.74, 6) is 1.29. The van der Waals surface area contributed by atoms with E-state index in [0.29, 0.717) is 11.7 Å². The molecule has 2 heterocycles. The highest BCUT2D eigenvalue weighted by molar-refractivity contribution is 9.10. The molecule has 3 rings (SSSR count). The van der Waals surface area contributed by atoms with Crippen molar-refractivity contribution >= 4 is 15.9 Å². The van der Waals surface area contributed by atoms with Crippen LogP contribution in [0.1, 0.15) is 24.4 Å². The average Bonchev–Trinajstić information content (AvgIpc) is 2.60. The predicted molar refractivity (Wildman–Crippen MR) is 93.1 cm³/mol. The van der Waals surface area contributed by atoms with Gasteiger partial charge in [0.15, 0.2) is 11.5 Å². The molecule has 0 amide bonds. The molecule has 0 saturated carbocycles. The van der Waals surface area contributed by atoms with Gasteiger partial charge in [-0.3, -0.25) is 4.90 Å². The molecule has 23 heavy (non-hydrogen) atoms. The Bertz CT molecular complexity index is 511. The Hall–Kier alpha value is -0.820. The Morgan fingerprint density at radius 2 is 2.00 bits per heavy atom. The zero-order chi connectivity index (χ0) is 16.2. The highest BCUT2D eigenvalue weighted by Gasteiger charge is 2.33. The maximum atomic E-state index is 10.7. The van der Waals surface area contributed by atoms with Crippen LogP contribution in [-0.4, -0.2) is 56.5 Å². The molecular weight excluding hydrogens is 360 g/mol. The Morgan fingerprint density at radius 1 is 1.30 bits per heavy atom. The van der Waals surface area contributed by atoms with Gasteiger partial charge in [-0.2, -0.15) is 0 Å². The van der Waals surface area contributed by atoms with Crippen molar-refractivity contribution in [2.45, 2.75) is 18.9 Å². The van der Waals surface area contributed by atoms with Crippen LogP contribution in [0, 0.1) is 5.92 Å². The van der Waals surface area contributed by atoms with E-state index in [-0.39, 0.29) is 11.8 Å². The molecule has 2 aliphatic heterocycles. The Balaban J connectivity index is 1.98. The fraction of sp³-hybridized carbons (Fsp3) is 0.647. The zero-order valence-electron chi connectivity index (χ0n) is 13.6. The molecule has 1 aromatic rings. The summed E-state index contributed by atoms with van der Waals surface area (Å²) in [6.07, 6.45) is 2.06. The van der Waals surface area contributed by atoms with Crippen molar-refractivity contribution in [3.8, 4) is 11.5 Å². The summed E-state index contributed by atoms with van der Waals surface area (Å²) in [4.78, 5) is 2.49. The molecule has 0 aliphatic carbocycles. The van der Waals surface area contributed by atoms with E-state index in [2.05, 4.69) is 26.1 Å². The number of nitrogens with zero attached hydrogens (tertiary/aromatic N) is 1. The standard InChI is InChI=1S/C17H25BrN2O3/c1-22-15-11-13(18)10-14(17(15)21)16(12-2-8-23-9-3-12)20-6-4-19-5-7-20/h10-12,16,19,21H,2-9H2,1H3/t16-/m0/s1. The number of hydrogen-bond donors (Lipinski definition) is 2. The first-order valence-corrected chi connectivity index (χ1v) is 9.09. The van der Waals surface area contributed by atoms with Crippen LogP contribution in [0.15, 0.2) is 16.6 Å². The van der Waals surface area contributed by atoms with Crippen LogP contribution in [0.25, 0.3) is 0 Å². The van der Waals surface area contributed by atoms with Crippen LogP contribution in [0.5, 0.6) is 11.5 Å². The lowest BCUT2D eigenvalue weighted by molar-refractivity contribution is 0.0205.